The molecule has 0 unspecified atom stereocenters. The van der Waals surface area contributed by atoms with Crippen LogP contribution in [0.4, 0.5) is 0 Å². The van der Waals surface area contributed by atoms with Crippen LogP contribution in [0.1, 0.15) is 22.4 Å². The smallest absolute Gasteiger partial charge is 0.0992 e. The van der Waals surface area contributed by atoms with Crippen LogP contribution in [0.2, 0.25) is 0 Å². The van der Waals surface area contributed by atoms with Gasteiger partial charge in [0.15, 0.2) is 0 Å². The lowest BCUT2D eigenvalue weighted by Gasteiger charge is -2.19. The highest BCUT2D eigenvalue weighted by Crippen LogP contribution is 2.42. The van der Waals surface area contributed by atoms with Gasteiger partial charge in [0.25, 0.3) is 0 Å². The van der Waals surface area contributed by atoms with Crippen molar-refractivity contribution < 1.29 is 0 Å². The zero-order valence-electron chi connectivity index (χ0n) is 30.6. The molecule has 262 valence electrons. The van der Waals surface area contributed by atoms with E-state index in [1.54, 1.807) is 0 Å². The van der Waals surface area contributed by atoms with Crippen LogP contribution in [0.5, 0.6) is 0 Å². The lowest BCUT2D eigenvalue weighted by Crippen LogP contribution is -2.04. The number of allylic oxidation sites excluding steroid dienone is 2. The minimum absolute atomic E-state index is 0.554. The normalized spacial score (nSPS) is 11.6. The fourth-order valence-electron chi connectivity index (χ4n) is 8.66. The molecule has 5 nitrogen and oxygen atoms in total. The predicted molar refractivity (Wildman–Crippen MR) is 231 cm³/mol. The lowest BCUT2D eigenvalue weighted by atomic mass is 10.00. The SMILES string of the molecule is C=C/C=C\c1c(C)c2cccc(-n3c4ccccc4c4ccccc43)c2n1-c1ccccc1-c1cc(C#N)cc(-n2c3ccccc3c3cc(C#N)ccc32)c1. The molecule has 3 heterocycles. The second-order valence-corrected chi connectivity index (χ2v) is 14.1. The molecule has 0 aliphatic rings. The van der Waals surface area contributed by atoms with Gasteiger partial charge in [0.2, 0.25) is 0 Å². The topological polar surface area (TPSA) is 62.4 Å². The number of aromatic nitrogens is 3. The van der Waals surface area contributed by atoms with Crippen LogP contribution in [0, 0.1) is 29.6 Å². The van der Waals surface area contributed by atoms with Crippen molar-refractivity contribution in [2.75, 3.05) is 0 Å². The van der Waals surface area contributed by atoms with Crippen LogP contribution >= 0.6 is 0 Å². The first kappa shape index (κ1) is 32.8. The van der Waals surface area contributed by atoms with E-state index in [9.17, 15) is 10.5 Å². The standard InChI is InChI=1S/C51H33N5/c1-3-4-19-44-33(2)38-18-13-24-50(55-47-22-11-6-15-40(47)41-16-7-12-23-48(41)55)51(38)56(44)45-20-9-5-14-39(45)36-27-35(32-53)28-37(30-36)54-46-21-10-8-17-42(46)43-29-34(31-52)25-26-49(43)54/h3-30H,1H2,2H3/b19-4-. The van der Waals surface area contributed by atoms with Crippen LogP contribution in [-0.2, 0) is 0 Å². The quantitative estimate of drug-likeness (QED) is 0.161. The van der Waals surface area contributed by atoms with Gasteiger partial charge >= 0.3 is 0 Å². The maximum atomic E-state index is 10.5. The Labute approximate surface area is 323 Å². The van der Waals surface area contributed by atoms with Gasteiger partial charge in [-0.1, -0.05) is 104 Å². The Morgan fingerprint density at radius 3 is 1.80 bits per heavy atom. The summed E-state index contributed by atoms with van der Waals surface area (Å²) >= 11 is 0. The molecular weight excluding hydrogens is 683 g/mol. The number of hydrogen-bond donors (Lipinski definition) is 0. The summed E-state index contributed by atoms with van der Waals surface area (Å²) in [5.74, 6) is 0. The number of rotatable bonds is 6. The zero-order chi connectivity index (χ0) is 37.9. The Bertz CT molecular complexity index is 3320. The molecule has 0 fully saturated rings. The summed E-state index contributed by atoms with van der Waals surface area (Å²) in [5, 5.41) is 25.8. The van der Waals surface area contributed by atoms with Gasteiger partial charge in [-0.3, -0.25) is 0 Å². The summed E-state index contributed by atoms with van der Waals surface area (Å²) in [6.45, 7) is 6.20. The second-order valence-electron chi connectivity index (χ2n) is 14.1. The number of para-hydroxylation sites is 5. The Morgan fingerprint density at radius 1 is 0.518 bits per heavy atom. The number of fused-ring (bicyclic) bond motifs is 7. The van der Waals surface area contributed by atoms with Gasteiger partial charge < -0.3 is 13.7 Å². The maximum absolute atomic E-state index is 10.5. The number of nitrogens with zero attached hydrogens (tertiary/aromatic N) is 5. The average molecular weight is 716 g/mol. The Balaban J connectivity index is 1.28. The summed E-state index contributed by atoms with van der Waals surface area (Å²) in [5.41, 5.74) is 13.6. The molecule has 0 spiro atoms. The predicted octanol–water partition coefficient (Wildman–Crippen LogP) is 12.7. The lowest BCUT2D eigenvalue weighted by molar-refractivity contribution is 1.08. The molecule has 0 atom stereocenters. The van der Waals surface area contributed by atoms with Crippen LogP contribution in [0.3, 0.4) is 0 Å². The molecule has 56 heavy (non-hydrogen) atoms. The van der Waals surface area contributed by atoms with Gasteiger partial charge in [0.05, 0.1) is 62.2 Å². The summed E-state index contributed by atoms with van der Waals surface area (Å²) in [6, 6.07) is 57.2. The van der Waals surface area contributed by atoms with Gasteiger partial charge in [0.1, 0.15) is 0 Å². The van der Waals surface area contributed by atoms with E-state index in [0.29, 0.717) is 11.1 Å². The Morgan fingerprint density at radius 2 is 1.11 bits per heavy atom. The zero-order valence-corrected chi connectivity index (χ0v) is 30.6. The van der Waals surface area contributed by atoms with Gasteiger partial charge in [-0.15, -0.1) is 0 Å². The molecule has 0 aliphatic heterocycles. The molecule has 0 N–H and O–H groups in total. The van der Waals surface area contributed by atoms with Gasteiger partial charge in [-0.2, -0.15) is 10.5 Å². The van der Waals surface area contributed by atoms with E-state index in [1.807, 2.05) is 54.6 Å². The number of benzene rings is 7. The largest absolute Gasteiger partial charge is 0.309 e. The fraction of sp³-hybridized carbons (Fsp3) is 0.0196. The highest BCUT2D eigenvalue weighted by molar-refractivity contribution is 6.11. The summed E-state index contributed by atoms with van der Waals surface area (Å²) in [4.78, 5) is 0. The molecule has 0 amide bonds. The highest BCUT2D eigenvalue weighted by Gasteiger charge is 2.23. The molecule has 5 heteroatoms. The third-order valence-electron chi connectivity index (χ3n) is 11.0. The average Bonchev–Trinajstić information content (AvgIpc) is 3.87. The highest BCUT2D eigenvalue weighted by atomic mass is 15.1. The molecule has 7 aromatic carbocycles. The maximum Gasteiger partial charge on any atom is 0.0992 e. The molecule has 0 bridgehead atoms. The van der Waals surface area contributed by atoms with Crippen molar-refractivity contribution in [3.8, 4) is 40.3 Å². The summed E-state index contributed by atoms with van der Waals surface area (Å²) in [7, 11) is 0. The van der Waals surface area contributed by atoms with Crippen LogP contribution in [-0.4, -0.2) is 13.7 Å². The van der Waals surface area contributed by atoms with Crippen molar-refractivity contribution in [3.05, 3.63) is 193 Å². The first-order chi connectivity index (χ1) is 27.6. The van der Waals surface area contributed by atoms with E-state index < -0.39 is 0 Å². The summed E-state index contributed by atoms with van der Waals surface area (Å²) < 4.78 is 6.97. The van der Waals surface area contributed by atoms with Crippen molar-refractivity contribution in [3.63, 3.8) is 0 Å². The number of aryl methyl sites for hydroxylation is 1. The van der Waals surface area contributed by atoms with E-state index in [1.165, 1.54) is 10.8 Å². The van der Waals surface area contributed by atoms with Crippen molar-refractivity contribution >= 4 is 60.6 Å². The Hall–Kier alpha value is -7.86. The van der Waals surface area contributed by atoms with E-state index in [-0.39, 0.29) is 0 Å². The van der Waals surface area contributed by atoms with Crippen molar-refractivity contribution in [2.24, 2.45) is 0 Å². The first-order valence-electron chi connectivity index (χ1n) is 18.6. The third-order valence-corrected chi connectivity index (χ3v) is 11.0. The van der Waals surface area contributed by atoms with Crippen LogP contribution in [0.15, 0.2) is 170 Å². The molecular formula is C51H33N5. The molecule has 0 aliphatic carbocycles. The van der Waals surface area contributed by atoms with Crippen molar-refractivity contribution in [2.45, 2.75) is 6.92 Å². The Kier molecular flexibility index (Phi) is 7.56. The molecule has 0 radical (unpaired) electrons. The van der Waals surface area contributed by atoms with E-state index in [2.05, 4.69) is 155 Å². The van der Waals surface area contributed by atoms with Gasteiger partial charge in [-0.25, -0.2) is 0 Å². The monoisotopic (exact) mass is 715 g/mol. The third kappa shape index (κ3) is 4.86. The first-order valence-corrected chi connectivity index (χ1v) is 18.6. The van der Waals surface area contributed by atoms with E-state index >= 15 is 0 Å². The molecule has 10 aromatic rings. The van der Waals surface area contributed by atoms with E-state index in [0.717, 1.165) is 83.2 Å². The van der Waals surface area contributed by atoms with Crippen LogP contribution < -0.4 is 0 Å². The van der Waals surface area contributed by atoms with Crippen LogP contribution in [0.25, 0.3) is 88.8 Å². The van der Waals surface area contributed by atoms with Crippen molar-refractivity contribution in [1.82, 2.24) is 13.7 Å². The summed E-state index contributed by atoms with van der Waals surface area (Å²) in [6.07, 6.45) is 5.95. The fourth-order valence-corrected chi connectivity index (χ4v) is 8.66. The minimum Gasteiger partial charge on any atom is -0.309 e. The van der Waals surface area contributed by atoms with Gasteiger partial charge in [0, 0.05) is 43.9 Å². The second kappa shape index (κ2) is 12.9. The number of hydrogen-bond acceptors (Lipinski definition) is 2. The molecule has 10 rings (SSSR count). The molecule has 0 saturated carbocycles. The van der Waals surface area contributed by atoms with Crippen molar-refractivity contribution in [1.29, 1.82) is 10.5 Å². The van der Waals surface area contributed by atoms with E-state index in [4.69, 9.17) is 0 Å². The molecule has 0 saturated heterocycles. The van der Waals surface area contributed by atoms with Gasteiger partial charge in [-0.05, 0) is 90.9 Å². The minimum atomic E-state index is 0.554. The molecule has 3 aromatic heterocycles. The number of nitriles is 2.